The number of phenolic OH excluding ortho intramolecular Hbond substituents is 1. The maximum Gasteiger partial charge on any atom is 0.333 e. The van der Waals surface area contributed by atoms with Gasteiger partial charge in [-0.1, -0.05) is 36.4 Å². The first kappa shape index (κ1) is 21.6. The number of carboxylic acids is 1. The van der Waals surface area contributed by atoms with Crippen molar-refractivity contribution in [2.75, 3.05) is 0 Å². The van der Waals surface area contributed by atoms with Gasteiger partial charge in [-0.05, 0) is 77.8 Å². The van der Waals surface area contributed by atoms with Gasteiger partial charge in [0.1, 0.15) is 11.6 Å². The van der Waals surface area contributed by atoms with Gasteiger partial charge in [0.15, 0.2) is 0 Å². The Morgan fingerprint density at radius 1 is 1.03 bits per heavy atom. The number of rotatable bonds is 6. The van der Waals surface area contributed by atoms with Gasteiger partial charge < -0.3 is 15.5 Å². The van der Waals surface area contributed by atoms with E-state index in [-0.39, 0.29) is 41.8 Å². The zero-order chi connectivity index (χ0) is 22.7. The van der Waals surface area contributed by atoms with Gasteiger partial charge in [-0.15, -0.1) is 0 Å². The molecule has 1 unspecified atom stereocenters. The molecule has 32 heavy (non-hydrogen) atoms. The summed E-state index contributed by atoms with van der Waals surface area (Å²) in [6, 6.07) is 17.2. The van der Waals surface area contributed by atoms with Crippen LogP contribution in [0, 0.1) is 5.82 Å². The second-order valence-electron chi connectivity index (χ2n) is 8.17. The van der Waals surface area contributed by atoms with Crippen LogP contribution in [-0.4, -0.2) is 22.1 Å². The van der Waals surface area contributed by atoms with Crippen molar-refractivity contribution in [2.24, 2.45) is 0 Å². The van der Waals surface area contributed by atoms with Crippen molar-refractivity contribution in [3.63, 3.8) is 0 Å². The lowest BCUT2D eigenvalue weighted by Crippen LogP contribution is -2.29. The molecule has 3 N–H and O–H groups in total. The Morgan fingerprint density at radius 3 is 2.59 bits per heavy atom. The molecule has 3 aromatic carbocycles. The van der Waals surface area contributed by atoms with Crippen molar-refractivity contribution in [1.82, 2.24) is 5.32 Å². The summed E-state index contributed by atoms with van der Waals surface area (Å²) in [7, 11) is 0. The molecule has 0 spiro atoms. The van der Waals surface area contributed by atoms with E-state index in [4.69, 9.17) is 0 Å². The molecular weight excluding hydrogens is 409 g/mol. The minimum Gasteiger partial charge on any atom is -0.508 e. The molecular formula is C26H24FNO4. The molecule has 0 bridgehead atoms. The summed E-state index contributed by atoms with van der Waals surface area (Å²) in [4.78, 5) is 24.4. The number of carbonyl (C=O) groups is 2. The molecule has 0 radical (unpaired) electrons. The Kier molecular flexibility index (Phi) is 6.21. The largest absolute Gasteiger partial charge is 0.508 e. The quantitative estimate of drug-likeness (QED) is 0.508. The van der Waals surface area contributed by atoms with Crippen LogP contribution in [0.3, 0.4) is 0 Å². The number of halogens is 1. The minimum absolute atomic E-state index is 0.0884. The smallest absolute Gasteiger partial charge is 0.333 e. The van der Waals surface area contributed by atoms with Crippen LogP contribution >= 0.6 is 0 Å². The number of hydrogen-bond donors (Lipinski definition) is 3. The van der Waals surface area contributed by atoms with E-state index in [0.717, 1.165) is 21.9 Å². The van der Waals surface area contributed by atoms with E-state index in [1.807, 2.05) is 30.3 Å². The van der Waals surface area contributed by atoms with Gasteiger partial charge in [-0.2, -0.15) is 0 Å². The van der Waals surface area contributed by atoms with Gasteiger partial charge in [0, 0.05) is 12.1 Å². The monoisotopic (exact) mass is 433 g/mol. The molecule has 1 aliphatic rings. The van der Waals surface area contributed by atoms with E-state index in [1.165, 1.54) is 12.1 Å². The zero-order valence-corrected chi connectivity index (χ0v) is 17.5. The van der Waals surface area contributed by atoms with E-state index in [9.17, 15) is 24.2 Å². The summed E-state index contributed by atoms with van der Waals surface area (Å²) < 4.78 is 13.6. The van der Waals surface area contributed by atoms with Gasteiger partial charge in [-0.3, -0.25) is 4.79 Å². The maximum absolute atomic E-state index is 13.6. The fraction of sp³-hybridized carbons (Fsp3) is 0.231. The number of carboxylic acid groups (broad SMARTS) is 1. The van der Waals surface area contributed by atoms with Crippen molar-refractivity contribution < 1.29 is 24.2 Å². The van der Waals surface area contributed by atoms with E-state index in [0.29, 0.717) is 25.0 Å². The van der Waals surface area contributed by atoms with E-state index < -0.39 is 5.97 Å². The molecule has 5 nitrogen and oxygen atoms in total. The average Bonchev–Trinajstić information content (AvgIpc) is 2.77. The van der Waals surface area contributed by atoms with Crippen LogP contribution in [0.2, 0.25) is 0 Å². The fourth-order valence-electron chi connectivity index (χ4n) is 4.27. The highest BCUT2D eigenvalue weighted by molar-refractivity contribution is 5.90. The Bertz CT molecular complexity index is 1220. The molecule has 164 valence electrons. The number of aromatic hydroxyl groups is 1. The number of hydrogen-bond acceptors (Lipinski definition) is 3. The Balaban J connectivity index is 1.41. The summed E-state index contributed by atoms with van der Waals surface area (Å²) in [6.45, 7) is 0. The first-order chi connectivity index (χ1) is 15.4. The molecule has 0 saturated heterocycles. The lowest BCUT2D eigenvalue weighted by atomic mass is 9.82. The number of carbonyl (C=O) groups excluding carboxylic acids is 1. The number of allylic oxidation sites excluding steroid dienone is 1. The molecule has 4 rings (SSSR count). The van der Waals surface area contributed by atoms with Crippen molar-refractivity contribution in [3.8, 4) is 5.75 Å². The molecule has 6 heteroatoms. The van der Waals surface area contributed by atoms with Crippen molar-refractivity contribution in [2.45, 2.75) is 38.0 Å². The number of aryl methyl sites for hydroxylation is 1. The highest BCUT2D eigenvalue weighted by Crippen LogP contribution is 2.36. The molecule has 0 aromatic heterocycles. The van der Waals surface area contributed by atoms with Crippen LogP contribution in [-0.2, 0) is 16.0 Å². The summed E-state index contributed by atoms with van der Waals surface area (Å²) in [5, 5.41) is 23.9. The molecule has 0 fully saturated rings. The second kappa shape index (κ2) is 9.22. The Labute approximate surface area is 185 Å². The van der Waals surface area contributed by atoms with Gasteiger partial charge in [0.25, 0.3) is 0 Å². The third kappa shape index (κ3) is 4.97. The van der Waals surface area contributed by atoms with Crippen LogP contribution in [0.25, 0.3) is 10.8 Å². The predicted octanol–water partition coefficient (Wildman–Crippen LogP) is 5.04. The van der Waals surface area contributed by atoms with Gasteiger partial charge >= 0.3 is 5.97 Å². The number of nitrogens with one attached hydrogen (secondary N) is 1. The maximum atomic E-state index is 13.6. The predicted molar refractivity (Wildman–Crippen MR) is 120 cm³/mol. The molecule has 0 heterocycles. The zero-order valence-electron chi connectivity index (χ0n) is 17.5. The van der Waals surface area contributed by atoms with Crippen molar-refractivity contribution in [3.05, 3.63) is 88.9 Å². The molecule has 1 atom stereocenters. The third-order valence-electron chi connectivity index (χ3n) is 5.96. The SMILES string of the molecule is O=C(CCc1ccc2cc(O)ccc2c1)NC1=C(C(=O)O)CC(c2cccc(F)c2)CC1. The summed E-state index contributed by atoms with van der Waals surface area (Å²) in [5.41, 5.74) is 2.40. The summed E-state index contributed by atoms with van der Waals surface area (Å²) >= 11 is 0. The molecule has 1 amide bonds. The minimum atomic E-state index is -1.06. The second-order valence-corrected chi connectivity index (χ2v) is 8.17. The number of amides is 1. The van der Waals surface area contributed by atoms with Crippen LogP contribution in [0.4, 0.5) is 4.39 Å². The average molecular weight is 433 g/mol. The standard InChI is InChI=1S/C26H24FNO4/c27-21-3-1-2-17(13-21)20-8-10-24(23(15-20)26(31)32)28-25(30)11-5-16-4-6-19-14-22(29)9-7-18(19)12-16/h1-4,6-7,9,12-14,20,29H,5,8,10-11,15H2,(H,28,30)(H,31,32). The number of benzene rings is 3. The summed E-state index contributed by atoms with van der Waals surface area (Å²) in [5.74, 6) is -1.50. The number of phenols is 1. The van der Waals surface area contributed by atoms with E-state index in [2.05, 4.69) is 5.32 Å². The normalized spacial score (nSPS) is 16.2. The molecule has 0 aliphatic heterocycles. The van der Waals surface area contributed by atoms with Crippen LogP contribution in [0.5, 0.6) is 5.75 Å². The first-order valence-electron chi connectivity index (χ1n) is 10.6. The third-order valence-corrected chi connectivity index (χ3v) is 5.96. The lowest BCUT2D eigenvalue weighted by molar-refractivity contribution is -0.133. The number of fused-ring (bicyclic) bond motifs is 1. The highest BCUT2D eigenvalue weighted by Gasteiger charge is 2.27. The summed E-state index contributed by atoms with van der Waals surface area (Å²) in [6.07, 6.45) is 2.07. The van der Waals surface area contributed by atoms with Crippen molar-refractivity contribution >= 4 is 22.6 Å². The van der Waals surface area contributed by atoms with E-state index >= 15 is 0 Å². The number of aliphatic carboxylic acids is 1. The molecule has 3 aromatic rings. The van der Waals surface area contributed by atoms with Crippen LogP contribution < -0.4 is 5.32 Å². The molecule has 1 aliphatic carbocycles. The lowest BCUT2D eigenvalue weighted by Gasteiger charge is -2.26. The van der Waals surface area contributed by atoms with Gasteiger partial charge in [-0.25, -0.2) is 9.18 Å². The van der Waals surface area contributed by atoms with Gasteiger partial charge in [0.05, 0.1) is 5.57 Å². The Hall–Kier alpha value is -3.67. The van der Waals surface area contributed by atoms with Gasteiger partial charge in [0.2, 0.25) is 5.91 Å². The fourth-order valence-corrected chi connectivity index (χ4v) is 4.27. The Morgan fingerprint density at radius 2 is 1.81 bits per heavy atom. The topological polar surface area (TPSA) is 86.6 Å². The van der Waals surface area contributed by atoms with E-state index in [1.54, 1.807) is 18.2 Å². The van der Waals surface area contributed by atoms with Crippen LogP contribution in [0.1, 0.15) is 42.7 Å². The highest BCUT2D eigenvalue weighted by atomic mass is 19.1. The first-order valence-corrected chi connectivity index (χ1v) is 10.6. The molecule has 0 saturated carbocycles. The van der Waals surface area contributed by atoms with Crippen LogP contribution in [0.15, 0.2) is 71.9 Å². The van der Waals surface area contributed by atoms with Crippen molar-refractivity contribution in [1.29, 1.82) is 0 Å².